The minimum Gasteiger partial charge on any atom is -0.463 e. The van der Waals surface area contributed by atoms with Crippen molar-refractivity contribution < 1.29 is 4.74 Å². The Morgan fingerprint density at radius 1 is 0.714 bits per heavy atom. The lowest BCUT2D eigenvalue weighted by atomic mass is 10.2. The maximum Gasteiger partial charge on any atom is 0.213 e. The highest BCUT2D eigenvalue weighted by Gasteiger charge is 2.49. The summed E-state index contributed by atoms with van der Waals surface area (Å²) in [5.41, 5.74) is 10.0. The van der Waals surface area contributed by atoms with Crippen molar-refractivity contribution in [1.29, 1.82) is 0 Å². The molecule has 8 heterocycles. The maximum absolute atomic E-state index is 6.56. The number of thioether (sulfide) groups is 1. The van der Waals surface area contributed by atoms with Crippen molar-refractivity contribution in [3.8, 4) is 27.8 Å². The van der Waals surface area contributed by atoms with E-state index in [0.717, 1.165) is 11.6 Å². The Kier molecular flexibility index (Phi) is 5.71. The first-order valence-corrected chi connectivity index (χ1v) is 23.0. The summed E-state index contributed by atoms with van der Waals surface area (Å²) in [4.78, 5) is 7.55. The van der Waals surface area contributed by atoms with Gasteiger partial charge >= 0.3 is 0 Å². The van der Waals surface area contributed by atoms with Crippen LogP contribution in [0.4, 0.5) is 0 Å². The molecule has 0 N–H and O–H groups in total. The summed E-state index contributed by atoms with van der Waals surface area (Å²) in [6, 6.07) is 25.2. The lowest BCUT2D eigenvalue weighted by molar-refractivity contribution is 0.297. The highest BCUT2D eigenvalue weighted by atomic mass is 32.2. The van der Waals surface area contributed by atoms with E-state index in [1.54, 1.807) is 10.4 Å². The van der Waals surface area contributed by atoms with Crippen LogP contribution in [-0.2, 0) is 0 Å². The summed E-state index contributed by atoms with van der Waals surface area (Å²) in [6.45, 7) is 13.7. The summed E-state index contributed by atoms with van der Waals surface area (Å²) in [7, 11) is -2.06. The van der Waals surface area contributed by atoms with E-state index in [9.17, 15) is 0 Å². The molecule has 240 valence electrons. The fourth-order valence-electron chi connectivity index (χ4n) is 8.29. The van der Waals surface area contributed by atoms with Crippen LogP contribution in [-0.4, -0.2) is 27.6 Å². The smallest absolute Gasteiger partial charge is 0.213 e. The van der Waals surface area contributed by atoms with Crippen LogP contribution in [0.2, 0.25) is 13.1 Å². The van der Waals surface area contributed by atoms with Crippen LogP contribution in [0, 0.1) is 20.8 Å². The van der Waals surface area contributed by atoms with Crippen LogP contribution in [0.1, 0.15) is 23.7 Å². The molecule has 0 saturated carbocycles. The molecule has 4 nitrogen and oxygen atoms in total. The molecule has 0 radical (unpaired) electrons. The lowest BCUT2D eigenvalue weighted by Crippen LogP contribution is -2.49. The first kappa shape index (κ1) is 28.9. The standard InChI is InChI=1S/C40H31N3OS4Si/c1-19-7-11-23(12-8-19)42-28-15-21(3)41-18-27(28)33-31(42)35-34(48-33)25-16-30-26(17-29(25)46-35)38-36(47-30)32-39(49(38,5)6)37-40(44-22(4)45-37)43(32)24-13-9-20(2)10-14-24/h7-18,22H,1-6H3. The zero-order valence-corrected chi connectivity index (χ0v) is 32.2. The molecule has 2 aliphatic rings. The summed E-state index contributed by atoms with van der Waals surface area (Å²) >= 11 is 7.78. The molecule has 9 heteroatoms. The van der Waals surface area contributed by atoms with Gasteiger partial charge in [0.2, 0.25) is 5.88 Å². The van der Waals surface area contributed by atoms with E-state index in [0.29, 0.717) is 0 Å². The van der Waals surface area contributed by atoms with Crippen molar-refractivity contribution in [2.45, 2.75) is 51.1 Å². The topological polar surface area (TPSA) is 32.0 Å². The summed E-state index contributed by atoms with van der Waals surface area (Å²) in [6.07, 6.45) is 2.08. The molecule has 1 unspecified atom stereocenters. The number of pyridine rings is 1. The number of aryl methyl sites for hydroxylation is 3. The zero-order chi connectivity index (χ0) is 33.1. The molecule has 2 aliphatic heterocycles. The van der Waals surface area contributed by atoms with Crippen LogP contribution >= 0.6 is 45.8 Å². The Hall–Kier alpha value is -3.86. The van der Waals surface area contributed by atoms with Gasteiger partial charge in [-0.25, -0.2) is 0 Å². The number of aromatic nitrogens is 3. The van der Waals surface area contributed by atoms with Gasteiger partial charge in [0.25, 0.3) is 0 Å². The number of fused-ring (bicyclic) bond motifs is 14. The van der Waals surface area contributed by atoms with Gasteiger partial charge in [0, 0.05) is 43.4 Å². The average molecular weight is 726 g/mol. The summed E-state index contributed by atoms with van der Waals surface area (Å²) < 4.78 is 18.3. The molecule has 11 rings (SSSR count). The maximum atomic E-state index is 6.56. The van der Waals surface area contributed by atoms with E-state index >= 15 is 0 Å². The Morgan fingerprint density at radius 3 is 2.12 bits per heavy atom. The molecular weight excluding hydrogens is 695 g/mol. The van der Waals surface area contributed by atoms with Crippen molar-refractivity contribution in [1.82, 2.24) is 14.1 Å². The van der Waals surface area contributed by atoms with Crippen LogP contribution < -0.4 is 15.1 Å². The van der Waals surface area contributed by atoms with E-state index in [4.69, 9.17) is 9.72 Å². The van der Waals surface area contributed by atoms with Gasteiger partial charge in [0.15, 0.2) is 0 Å². The van der Waals surface area contributed by atoms with Crippen LogP contribution in [0.5, 0.6) is 5.88 Å². The van der Waals surface area contributed by atoms with Gasteiger partial charge < -0.3 is 9.30 Å². The number of hydrogen-bond donors (Lipinski definition) is 0. The first-order chi connectivity index (χ1) is 23.7. The quantitative estimate of drug-likeness (QED) is 0.166. The van der Waals surface area contributed by atoms with Gasteiger partial charge in [0.1, 0.15) is 13.5 Å². The van der Waals surface area contributed by atoms with Crippen LogP contribution in [0.3, 0.4) is 0 Å². The third-order valence-corrected chi connectivity index (χ3v) is 19.1. The van der Waals surface area contributed by atoms with E-state index in [1.807, 2.05) is 45.8 Å². The van der Waals surface area contributed by atoms with Crippen molar-refractivity contribution >= 4 is 115 Å². The fourth-order valence-corrected chi connectivity index (χ4v) is 18.5. The van der Waals surface area contributed by atoms with Crippen molar-refractivity contribution in [3.63, 3.8) is 0 Å². The highest BCUT2D eigenvalue weighted by molar-refractivity contribution is 8.00. The number of thiophene rings is 3. The number of ether oxygens (including phenoxy) is 1. The molecule has 3 aromatic carbocycles. The van der Waals surface area contributed by atoms with Crippen molar-refractivity contribution in [2.75, 3.05) is 0 Å². The fraction of sp³-hybridized carbons (Fsp3) is 0.175. The Labute approximate surface area is 300 Å². The SMILES string of the molecule is Cc1ccc(-n2c3c(c4c2-c2sc5cc6c(cc5c2[Si]4(C)C)sc2c6sc4c5cnc(C)cc5n(-c5ccc(C)cc5)c42)SC(C)O3)cc1. The molecular formula is C40H31N3OS4Si. The van der Waals surface area contributed by atoms with Gasteiger partial charge in [-0.2, -0.15) is 0 Å². The second-order valence-corrected chi connectivity index (χ2v) is 22.8. The zero-order valence-electron chi connectivity index (χ0n) is 27.9. The summed E-state index contributed by atoms with van der Waals surface area (Å²) in [5, 5.41) is 7.21. The number of nitrogens with zero attached hydrogens (tertiary/aromatic N) is 3. The molecule has 0 spiro atoms. The minimum absolute atomic E-state index is 0.123. The Morgan fingerprint density at radius 2 is 1.39 bits per heavy atom. The first-order valence-electron chi connectivity index (χ1n) is 16.7. The average Bonchev–Trinajstić information content (AvgIpc) is 3.90. The predicted molar refractivity (Wildman–Crippen MR) is 216 cm³/mol. The molecule has 0 aliphatic carbocycles. The molecule has 0 bridgehead atoms. The molecule has 0 fully saturated rings. The minimum atomic E-state index is -2.06. The largest absolute Gasteiger partial charge is 0.463 e. The third kappa shape index (κ3) is 3.72. The van der Waals surface area contributed by atoms with Gasteiger partial charge in [-0.3, -0.25) is 9.55 Å². The van der Waals surface area contributed by atoms with E-state index < -0.39 is 8.07 Å². The molecule has 0 amide bonds. The molecule has 0 saturated heterocycles. The predicted octanol–water partition coefficient (Wildman–Crippen LogP) is 11.2. The number of hydrogen-bond acceptors (Lipinski definition) is 6. The molecule has 9 aromatic rings. The molecule has 49 heavy (non-hydrogen) atoms. The number of benzene rings is 3. The normalized spacial score (nSPS) is 16.4. The molecule has 1 atom stereocenters. The monoisotopic (exact) mass is 725 g/mol. The highest BCUT2D eigenvalue weighted by Crippen LogP contribution is 2.53. The lowest BCUT2D eigenvalue weighted by Gasteiger charge is -2.18. The van der Waals surface area contributed by atoms with Gasteiger partial charge in [0.05, 0.1) is 40.6 Å². The van der Waals surface area contributed by atoms with E-state index in [2.05, 4.69) is 123 Å². The van der Waals surface area contributed by atoms with Crippen LogP contribution in [0.25, 0.3) is 72.6 Å². The number of rotatable bonds is 2. The second kappa shape index (κ2) is 9.67. The second-order valence-electron chi connectivity index (χ2n) is 14.2. The Bertz CT molecular complexity index is 2900. The van der Waals surface area contributed by atoms with Crippen molar-refractivity contribution in [2.24, 2.45) is 0 Å². The van der Waals surface area contributed by atoms with E-state index in [-0.39, 0.29) is 5.44 Å². The van der Waals surface area contributed by atoms with E-state index in [1.165, 1.54) is 88.7 Å². The van der Waals surface area contributed by atoms with Gasteiger partial charge in [-0.1, -0.05) is 60.2 Å². The molecule has 6 aromatic heterocycles. The van der Waals surface area contributed by atoms with Gasteiger partial charge in [-0.15, -0.1) is 34.0 Å². The van der Waals surface area contributed by atoms with Crippen molar-refractivity contribution in [3.05, 3.63) is 89.7 Å². The Balaban J connectivity index is 1.18. The third-order valence-electron chi connectivity index (χ3n) is 10.5. The van der Waals surface area contributed by atoms with Crippen LogP contribution in [0.15, 0.2) is 77.8 Å². The van der Waals surface area contributed by atoms with Gasteiger partial charge in [-0.05, 0) is 85.9 Å². The summed E-state index contributed by atoms with van der Waals surface area (Å²) in [5.74, 6) is 1.04.